The maximum atomic E-state index is 14.0. The van der Waals surface area contributed by atoms with Crippen molar-refractivity contribution >= 4 is 29.1 Å². The highest BCUT2D eigenvalue weighted by Crippen LogP contribution is 2.38. The number of aryl methyl sites for hydroxylation is 1. The van der Waals surface area contributed by atoms with Crippen LogP contribution < -0.4 is 24.4 Å². The molecule has 0 saturated carbocycles. The smallest absolute Gasteiger partial charge is 0.338 e. The summed E-state index contributed by atoms with van der Waals surface area (Å²) >= 11 is 1.29. The van der Waals surface area contributed by atoms with E-state index in [-0.39, 0.29) is 17.7 Å². The van der Waals surface area contributed by atoms with E-state index in [2.05, 4.69) is 0 Å². The van der Waals surface area contributed by atoms with Crippen LogP contribution in [0, 0.1) is 6.92 Å². The molecular formula is C31H28N2O5S. The van der Waals surface area contributed by atoms with Gasteiger partial charge in [0.05, 0.1) is 42.7 Å². The summed E-state index contributed by atoms with van der Waals surface area (Å²) in [6, 6.07) is 22.0. The number of carbonyl (C=O) groups is 1. The minimum absolute atomic E-state index is 0.181. The lowest BCUT2D eigenvalue weighted by atomic mass is 9.93. The fraction of sp³-hybridized carbons (Fsp3) is 0.194. The largest absolute Gasteiger partial charge is 0.493 e. The summed E-state index contributed by atoms with van der Waals surface area (Å²) in [5.41, 5.74) is 3.97. The summed E-state index contributed by atoms with van der Waals surface area (Å²) < 4.78 is 18.6. The molecule has 1 aromatic heterocycles. The number of esters is 1. The van der Waals surface area contributed by atoms with Crippen molar-refractivity contribution in [2.45, 2.75) is 19.9 Å². The van der Waals surface area contributed by atoms with Crippen molar-refractivity contribution in [1.29, 1.82) is 0 Å². The third kappa shape index (κ3) is 5.03. The van der Waals surface area contributed by atoms with Gasteiger partial charge >= 0.3 is 5.97 Å². The Morgan fingerprint density at radius 3 is 2.38 bits per heavy atom. The Morgan fingerprint density at radius 2 is 1.72 bits per heavy atom. The van der Waals surface area contributed by atoms with Gasteiger partial charge in [0.1, 0.15) is 0 Å². The van der Waals surface area contributed by atoms with Crippen LogP contribution in [0.3, 0.4) is 0 Å². The first-order chi connectivity index (χ1) is 18.9. The molecule has 2 heterocycles. The number of thiazole rings is 1. The SMILES string of the molecule is CCOC(=O)C1=C(c2ccccc2)N=c2s/c(=C\c3ccc(C)cc3)c(=O)n2[C@H]1c1ccc(OC)c(OC)c1. The second kappa shape index (κ2) is 11.1. The standard InChI is InChI=1S/C31H28N2O5S/c1-5-38-30(35)26-27(21-9-7-6-8-10-21)32-31-33(28(26)22-15-16-23(36-3)24(18-22)37-4)29(34)25(39-31)17-20-13-11-19(2)12-14-20/h6-18,28H,5H2,1-4H3/b25-17-/t28-/m0/s1. The van der Waals surface area contributed by atoms with Crippen LogP contribution in [-0.4, -0.2) is 31.4 Å². The molecule has 39 heavy (non-hydrogen) atoms. The van der Waals surface area contributed by atoms with E-state index in [1.807, 2.05) is 73.7 Å². The van der Waals surface area contributed by atoms with Crippen molar-refractivity contribution in [3.8, 4) is 11.5 Å². The zero-order chi connectivity index (χ0) is 27.5. The van der Waals surface area contributed by atoms with Crippen molar-refractivity contribution < 1.29 is 19.0 Å². The van der Waals surface area contributed by atoms with E-state index in [9.17, 15) is 9.59 Å². The Morgan fingerprint density at radius 1 is 1.00 bits per heavy atom. The minimum Gasteiger partial charge on any atom is -0.493 e. The molecule has 5 rings (SSSR count). The molecule has 0 aliphatic carbocycles. The van der Waals surface area contributed by atoms with Gasteiger partial charge in [-0.2, -0.15) is 0 Å². The molecule has 198 valence electrons. The lowest BCUT2D eigenvalue weighted by Crippen LogP contribution is -2.40. The molecule has 1 aliphatic rings. The van der Waals surface area contributed by atoms with Crippen molar-refractivity contribution in [1.82, 2.24) is 4.57 Å². The Balaban J connectivity index is 1.84. The quantitative estimate of drug-likeness (QED) is 0.328. The minimum atomic E-state index is -0.796. The number of hydrogen-bond donors (Lipinski definition) is 0. The van der Waals surface area contributed by atoms with Crippen LogP contribution in [0.1, 0.15) is 35.2 Å². The maximum absolute atomic E-state index is 14.0. The molecule has 1 aliphatic heterocycles. The average Bonchev–Trinajstić information content (AvgIpc) is 3.27. The van der Waals surface area contributed by atoms with Crippen LogP contribution in [0.5, 0.6) is 11.5 Å². The first-order valence-electron chi connectivity index (χ1n) is 12.5. The van der Waals surface area contributed by atoms with Gasteiger partial charge in [-0.1, -0.05) is 77.6 Å². The molecule has 0 amide bonds. The number of fused-ring (bicyclic) bond motifs is 1. The van der Waals surface area contributed by atoms with E-state index in [0.29, 0.717) is 32.1 Å². The van der Waals surface area contributed by atoms with E-state index in [4.69, 9.17) is 19.2 Å². The summed E-state index contributed by atoms with van der Waals surface area (Å²) in [5.74, 6) is 0.490. The van der Waals surface area contributed by atoms with Crippen LogP contribution in [0.2, 0.25) is 0 Å². The number of benzene rings is 3. The van der Waals surface area contributed by atoms with E-state index in [1.165, 1.54) is 11.3 Å². The number of aromatic nitrogens is 1. The van der Waals surface area contributed by atoms with E-state index in [1.54, 1.807) is 37.8 Å². The molecule has 0 bridgehead atoms. The summed E-state index contributed by atoms with van der Waals surface area (Å²) in [7, 11) is 3.11. The maximum Gasteiger partial charge on any atom is 0.338 e. The van der Waals surface area contributed by atoms with Crippen LogP contribution in [0.4, 0.5) is 0 Å². The van der Waals surface area contributed by atoms with E-state index in [0.717, 1.165) is 16.7 Å². The van der Waals surface area contributed by atoms with Crippen molar-refractivity contribution in [3.63, 3.8) is 0 Å². The van der Waals surface area contributed by atoms with Gasteiger partial charge in [-0.15, -0.1) is 0 Å². The number of hydrogen-bond acceptors (Lipinski definition) is 7. The topological polar surface area (TPSA) is 79.1 Å². The summed E-state index contributed by atoms with van der Waals surface area (Å²) in [6.07, 6.45) is 1.85. The highest BCUT2D eigenvalue weighted by molar-refractivity contribution is 7.07. The molecule has 0 fully saturated rings. The van der Waals surface area contributed by atoms with Gasteiger partial charge in [-0.3, -0.25) is 9.36 Å². The lowest BCUT2D eigenvalue weighted by Gasteiger charge is -2.26. The van der Waals surface area contributed by atoms with Gasteiger partial charge in [0.2, 0.25) is 0 Å². The number of carbonyl (C=O) groups excluding carboxylic acids is 1. The van der Waals surface area contributed by atoms with E-state index >= 15 is 0 Å². The van der Waals surface area contributed by atoms with E-state index < -0.39 is 12.0 Å². The van der Waals surface area contributed by atoms with Crippen molar-refractivity contribution in [2.75, 3.05) is 20.8 Å². The molecule has 0 spiro atoms. The number of methoxy groups -OCH3 is 2. The molecule has 7 nitrogen and oxygen atoms in total. The van der Waals surface area contributed by atoms with Crippen LogP contribution in [0.15, 0.2) is 88.2 Å². The molecule has 0 unspecified atom stereocenters. The average molecular weight is 541 g/mol. The Kier molecular flexibility index (Phi) is 7.47. The van der Waals surface area contributed by atoms with Gasteiger partial charge < -0.3 is 14.2 Å². The summed E-state index contributed by atoms with van der Waals surface area (Å²) in [5, 5.41) is 0. The molecule has 0 saturated heterocycles. The summed E-state index contributed by atoms with van der Waals surface area (Å²) in [6.45, 7) is 3.95. The van der Waals surface area contributed by atoms with Crippen LogP contribution >= 0.6 is 11.3 Å². The van der Waals surface area contributed by atoms with Crippen molar-refractivity contribution in [3.05, 3.63) is 120 Å². The molecule has 4 aromatic rings. The zero-order valence-corrected chi connectivity index (χ0v) is 23.0. The predicted octanol–water partition coefficient (Wildman–Crippen LogP) is 4.26. The monoisotopic (exact) mass is 540 g/mol. The Hall–Kier alpha value is -4.43. The molecule has 0 radical (unpaired) electrons. The van der Waals surface area contributed by atoms with Gasteiger partial charge in [0.15, 0.2) is 16.3 Å². The normalized spacial score (nSPS) is 15.0. The predicted molar refractivity (Wildman–Crippen MR) is 152 cm³/mol. The van der Waals surface area contributed by atoms with Gasteiger partial charge in [-0.05, 0) is 43.2 Å². The third-order valence-corrected chi connectivity index (χ3v) is 7.46. The highest BCUT2D eigenvalue weighted by atomic mass is 32.1. The van der Waals surface area contributed by atoms with Gasteiger partial charge in [0.25, 0.3) is 5.56 Å². The van der Waals surface area contributed by atoms with Gasteiger partial charge in [0, 0.05) is 5.56 Å². The second-order valence-corrected chi connectivity index (χ2v) is 9.97. The number of ether oxygens (including phenoxy) is 3. The Bertz CT molecular complexity index is 1730. The summed E-state index contributed by atoms with van der Waals surface area (Å²) in [4.78, 5) is 32.9. The number of nitrogens with zero attached hydrogens (tertiary/aromatic N) is 2. The van der Waals surface area contributed by atoms with Gasteiger partial charge in [-0.25, -0.2) is 9.79 Å². The molecule has 0 N–H and O–H groups in total. The van der Waals surface area contributed by atoms with Crippen molar-refractivity contribution in [2.24, 2.45) is 4.99 Å². The number of rotatable bonds is 7. The Labute approximate surface area is 229 Å². The fourth-order valence-electron chi connectivity index (χ4n) is 4.59. The second-order valence-electron chi connectivity index (χ2n) is 8.96. The molecule has 3 aromatic carbocycles. The van der Waals surface area contributed by atoms with Crippen LogP contribution in [-0.2, 0) is 9.53 Å². The first-order valence-corrected chi connectivity index (χ1v) is 13.3. The zero-order valence-electron chi connectivity index (χ0n) is 22.1. The van der Waals surface area contributed by atoms with Crippen LogP contribution in [0.25, 0.3) is 11.8 Å². The first kappa shape index (κ1) is 26.2. The highest BCUT2D eigenvalue weighted by Gasteiger charge is 2.35. The third-order valence-electron chi connectivity index (χ3n) is 6.47. The molecular weight excluding hydrogens is 512 g/mol. The molecule has 1 atom stereocenters. The molecule has 8 heteroatoms. The lowest BCUT2D eigenvalue weighted by molar-refractivity contribution is -0.138. The fourth-order valence-corrected chi connectivity index (χ4v) is 5.59.